The van der Waals surface area contributed by atoms with Gasteiger partial charge < -0.3 is 14.4 Å². The van der Waals surface area contributed by atoms with Gasteiger partial charge in [-0.1, -0.05) is 13.0 Å². The fraction of sp³-hybridized carbons (Fsp3) is 0.500. The zero-order valence-corrected chi connectivity index (χ0v) is 12.8. The van der Waals surface area contributed by atoms with Crippen LogP contribution in [0.15, 0.2) is 18.2 Å². The standard InChI is InChI=1S/C16H22N2O3/c1-4-7-14-17-15-12(16(19)20)8-6-9-13(15)18(14)10-11(3)21-5-2/h6,8-9,11H,4-5,7,10H2,1-3H3,(H,19,20). The monoisotopic (exact) mass is 290 g/mol. The lowest BCUT2D eigenvalue weighted by Gasteiger charge is -2.15. The third kappa shape index (κ3) is 3.24. The molecule has 114 valence electrons. The minimum absolute atomic E-state index is 0.0662. The Balaban J connectivity index is 2.52. The van der Waals surface area contributed by atoms with Crippen LogP contribution in [-0.4, -0.2) is 33.3 Å². The van der Waals surface area contributed by atoms with E-state index >= 15 is 0 Å². The van der Waals surface area contributed by atoms with Gasteiger partial charge in [-0.3, -0.25) is 0 Å². The fourth-order valence-corrected chi connectivity index (χ4v) is 2.58. The molecule has 0 amide bonds. The predicted octanol–water partition coefficient (Wildman–Crippen LogP) is 3.11. The molecule has 0 saturated heterocycles. The number of aromatic nitrogens is 2. The molecule has 1 aromatic carbocycles. The van der Waals surface area contributed by atoms with Crippen molar-refractivity contribution in [2.45, 2.75) is 46.3 Å². The van der Waals surface area contributed by atoms with Crippen LogP contribution in [0, 0.1) is 0 Å². The minimum atomic E-state index is -0.939. The highest BCUT2D eigenvalue weighted by Crippen LogP contribution is 2.22. The van der Waals surface area contributed by atoms with E-state index < -0.39 is 5.97 Å². The lowest BCUT2D eigenvalue weighted by Crippen LogP contribution is -2.18. The van der Waals surface area contributed by atoms with Gasteiger partial charge in [-0.05, 0) is 32.4 Å². The smallest absolute Gasteiger partial charge is 0.337 e. The molecule has 0 radical (unpaired) electrons. The number of carboxylic acids is 1. The molecular weight excluding hydrogens is 268 g/mol. The summed E-state index contributed by atoms with van der Waals surface area (Å²) in [5.41, 5.74) is 1.69. The van der Waals surface area contributed by atoms with Gasteiger partial charge in [0.1, 0.15) is 11.3 Å². The number of imidazole rings is 1. The first-order chi connectivity index (χ1) is 10.1. The molecule has 0 aliphatic carbocycles. The first-order valence-corrected chi connectivity index (χ1v) is 7.41. The van der Waals surface area contributed by atoms with Crippen LogP contribution in [-0.2, 0) is 17.7 Å². The summed E-state index contributed by atoms with van der Waals surface area (Å²) in [7, 11) is 0. The van der Waals surface area contributed by atoms with Gasteiger partial charge >= 0.3 is 5.97 Å². The van der Waals surface area contributed by atoms with E-state index in [1.54, 1.807) is 12.1 Å². The summed E-state index contributed by atoms with van der Waals surface area (Å²) in [6.45, 7) is 7.43. The molecule has 0 saturated carbocycles. The maximum atomic E-state index is 11.3. The number of nitrogens with zero attached hydrogens (tertiary/aromatic N) is 2. The highest BCUT2D eigenvalue weighted by molar-refractivity contribution is 6.01. The topological polar surface area (TPSA) is 64.3 Å². The third-order valence-electron chi connectivity index (χ3n) is 3.45. The van der Waals surface area contributed by atoms with Crippen molar-refractivity contribution in [3.63, 3.8) is 0 Å². The Labute approximate surface area is 124 Å². The summed E-state index contributed by atoms with van der Waals surface area (Å²) in [6.07, 6.45) is 1.86. The number of fused-ring (bicyclic) bond motifs is 1. The summed E-state index contributed by atoms with van der Waals surface area (Å²) in [6, 6.07) is 5.29. The Hall–Kier alpha value is -1.88. The van der Waals surface area contributed by atoms with Gasteiger partial charge in [-0.25, -0.2) is 9.78 Å². The summed E-state index contributed by atoms with van der Waals surface area (Å²) < 4.78 is 7.70. The molecule has 21 heavy (non-hydrogen) atoms. The molecule has 2 aromatic rings. The second kappa shape index (κ2) is 6.72. The molecule has 1 atom stereocenters. The molecule has 0 aliphatic rings. The van der Waals surface area contributed by atoms with E-state index in [9.17, 15) is 9.90 Å². The summed E-state index contributed by atoms with van der Waals surface area (Å²) >= 11 is 0. The van der Waals surface area contributed by atoms with E-state index in [4.69, 9.17) is 4.74 Å². The number of hydrogen-bond acceptors (Lipinski definition) is 3. The van der Waals surface area contributed by atoms with E-state index in [-0.39, 0.29) is 11.7 Å². The molecule has 0 fully saturated rings. The number of ether oxygens (including phenoxy) is 1. The molecule has 2 rings (SSSR count). The van der Waals surface area contributed by atoms with Crippen molar-refractivity contribution in [3.05, 3.63) is 29.6 Å². The molecule has 0 bridgehead atoms. The number of aryl methyl sites for hydroxylation is 1. The van der Waals surface area contributed by atoms with Gasteiger partial charge in [0, 0.05) is 13.0 Å². The number of rotatable bonds is 7. The summed E-state index contributed by atoms with van der Waals surface area (Å²) in [5, 5.41) is 9.31. The van der Waals surface area contributed by atoms with Crippen LogP contribution < -0.4 is 0 Å². The van der Waals surface area contributed by atoms with E-state index in [0.717, 1.165) is 24.2 Å². The van der Waals surface area contributed by atoms with Gasteiger partial charge in [-0.15, -0.1) is 0 Å². The molecule has 5 heteroatoms. The Kier molecular flexibility index (Phi) is 4.96. The third-order valence-corrected chi connectivity index (χ3v) is 3.45. The quantitative estimate of drug-likeness (QED) is 0.851. The SMILES string of the molecule is CCCc1nc2c(C(=O)O)cccc2n1CC(C)OCC. The van der Waals surface area contributed by atoms with Gasteiger partial charge in [0.2, 0.25) is 0 Å². The zero-order chi connectivity index (χ0) is 15.4. The predicted molar refractivity (Wildman–Crippen MR) is 81.8 cm³/mol. The van der Waals surface area contributed by atoms with Crippen LogP contribution in [0.1, 0.15) is 43.4 Å². The molecule has 1 unspecified atom stereocenters. The van der Waals surface area contributed by atoms with Crippen LogP contribution in [0.2, 0.25) is 0 Å². The number of hydrogen-bond donors (Lipinski definition) is 1. The van der Waals surface area contributed by atoms with Crippen LogP contribution in [0.4, 0.5) is 0 Å². The van der Waals surface area contributed by atoms with Gasteiger partial charge in [0.05, 0.1) is 23.7 Å². The zero-order valence-electron chi connectivity index (χ0n) is 12.8. The Morgan fingerprint density at radius 2 is 2.19 bits per heavy atom. The average molecular weight is 290 g/mol. The van der Waals surface area contributed by atoms with E-state index in [2.05, 4.69) is 16.5 Å². The second-order valence-corrected chi connectivity index (χ2v) is 5.13. The molecule has 0 spiro atoms. The van der Waals surface area contributed by atoms with Crippen molar-refractivity contribution in [1.29, 1.82) is 0 Å². The van der Waals surface area contributed by atoms with Crippen LogP contribution in [0.5, 0.6) is 0 Å². The largest absolute Gasteiger partial charge is 0.478 e. The summed E-state index contributed by atoms with van der Waals surface area (Å²) in [4.78, 5) is 15.9. The Morgan fingerprint density at radius 3 is 2.81 bits per heavy atom. The fourth-order valence-electron chi connectivity index (χ4n) is 2.58. The van der Waals surface area contributed by atoms with Gasteiger partial charge in [-0.2, -0.15) is 0 Å². The highest BCUT2D eigenvalue weighted by atomic mass is 16.5. The average Bonchev–Trinajstić information content (AvgIpc) is 2.77. The van der Waals surface area contributed by atoms with Crippen LogP contribution in [0.3, 0.4) is 0 Å². The van der Waals surface area contributed by atoms with Crippen LogP contribution in [0.25, 0.3) is 11.0 Å². The molecule has 5 nitrogen and oxygen atoms in total. The maximum absolute atomic E-state index is 11.3. The highest BCUT2D eigenvalue weighted by Gasteiger charge is 2.17. The number of para-hydroxylation sites is 1. The molecular formula is C16H22N2O3. The summed E-state index contributed by atoms with van der Waals surface area (Å²) in [5.74, 6) is -0.0149. The Morgan fingerprint density at radius 1 is 1.43 bits per heavy atom. The molecule has 1 aromatic heterocycles. The minimum Gasteiger partial charge on any atom is -0.478 e. The molecule has 1 N–H and O–H groups in total. The normalized spacial score (nSPS) is 12.7. The lowest BCUT2D eigenvalue weighted by molar-refractivity contribution is 0.0642. The van der Waals surface area contributed by atoms with Crippen molar-refractivity contribution >= 4 is 17.0 Å². The van der Waals surface area contributed by atoms with Gasteiger partial charge in [0.25, 0.3) is 0 Å². The van der Waals surface area contributed by atoms with Crippen molar-refractivity contribution in [2.75, 3.05) is 6.61 Å². The first-order valence-electron chi connectivity index (χ1n) is 7.41. The number of carbonyl (C=O) groups is 1. The Bertz CT molecular complexity index is 634. The van der Waals surface area contributed by atoms with Crippen molar-refractivity contribution in [1.82, 2.24) is 9.55 Å². The van der Waals surface area contributed by atoms with E-state index in [1.165, 1.54) is 0 Å². The second-order valence-electron chi connectivity index (χ2n) is 5.13. The number of carboxylic acid groups (broad SMARTS) is 1. The van der Waals surface area contributed by atoms with E-state index in [1.807, 2.05) is 19.9 Å². The van der Waals surface area contributed by atoms with Crippen molar-refractivity contribution in [2.24, 2.45) is 0 Å². The van der Waals surface area contributed by atoms with Crippen molar-refractivity contribution in [3.8, 4) is 0 Å². The van der Waals surface area contributed by atoms with Crippen molar-refractivity contribution < 1.29 is 14.6 Å². The lowest BCUT2D eigenvalue weighted by atomic mass is 10.2. The van der Waals surface area contributed by atoms with E-state index in [0.29, 0.717) is 18.7 Å². The van der Waals surface area contributed by atoms with Gasteiger partial charge in [0.15, 0.2) is 0 Å². The maximum Gasteiger partial charge on any atom is 0.337 e. The number of benzene rings is 1. The number of aromatic carboxylic acids is 1. The molecule has 0 aliphatic heterocycles. The first kappa shape index (κ1) is 15.5. The molecule has 1 heterocycles. The van der Waals surface area contributed by atoms with Crippen LogP contribution >= 0.6 is 0 Å².